The first-order chi connectivity index (χ1) is 10.2. The van der Waals surface area contributed by atoms with Crippen molar-refractivity contribution in [3.8, 4) is 0 Å². The van der Waals surface area contributed by atoms with Crippen molar-refractivity contribution in [3.63, 3.8) is 0 Å². The van der Waals surface area contributed by atoms with Crippen molar-refractivity contribution in [2.75, 3.05) is 7.11 Å². The number of pyridine rings is 1. The first kappa shape index (κ1) is 14.4. The monoisotopic (exact) mass is 283 g/mol. The largest absolute Gasteiger partial charge is 0.465 e. The lowest BCUT2D eigenvalue weighted by Gasteiger charge is -2.03. The van der Waals surface area contributed by atoms with E-state index in [-0.39, 0.29) is 5.91 Å². The number of methoxy groups -OCH3 is 1. The zero-order chi connectivity index (χ0) is 15.1. The molecule has 1 aromatic heterocycles. The van der Waals surface area contributed by atoms with Crippen LogP contribution in [0, 0.1) is 0 Å². The van der Waals surface area contributed by atoms with Gasteiger partial charge in [-0.05, 0) is 18.2 Å². The molecule has 106 valence electrons. The second-order valence-electron chi connectivity index (χ2n) is 4.02. The Kier molecular flexibility index (Phi) is 4.76. The van der Waals surface area contributed by atoms with Gasteiger partial charge in [0.15, 0.2) is 0 Å². The lowest BCUT2D eigenvalue weighted by Crippen LogP contribution is -2.18. The van der Waals surface area contributed by atoms with E-state index in [9.17, 15) is 9.59 Å². The van der Waals surface area contributed by atoms with Gasteiger partial charge in [-0.3, -0.25) is 9.78 Å². The summed E-state index contributed by atoms with van der Waals surface area (Å²) >= 11 is 0. The summed E-state index contributed by atoms with van der Waals surface area (Å²) in [4.78, 5) is 27.2. The standard InChI is InChI=1S/C15H13N3O3/c1-21-15(20)13-7-3-2-5-11(13)10-17-18-14(19)12-6-4-8-16-9-12/h2-10H,1H3,(H,18,19)/b17-10-. The number of nitrogens with zero attached hydrogens (tertiary/aromatic N) is 2. The minimum Gasteiger partial charge on any atom is -0.465 e. The number of benzene rings is 1. The van der Waals surface area contributed by atoms with Crippen LogP contribution in [0.15, 0.2) is 53.9 Å². The first-order valence-electron chi connectivity index (χ1n) is 6.13. The summed E-state index contributed by atoms with van der Waals surface area (Å²) in [5.41, 5.74) is 3.70. The van der Waals surface area contributed by atoms with Gasteiger partial charge in [-0.25, -0.2) is 10.2 Å². The molecule has 2 aromatic rings. The van der Waals surface area contributed by atoms with Crippen molar-refractivity contribution in [1.82, 2.24) is 10.4 Å². The van der Waals surface area contributed by atoms with Crippen LogP contribution in [0.2, 0.25) is 0 Å². The molecule has 0 radical (unpaired) electrons. The van der Waals surface area contributed by atoms with E-state index in [0.717, 1.165) is 0 Å². The molecule has 0 unspecified atom stereocenters. The number of ether oxygens (including phenoxy) is 1. The highest BCUT2D eigenvalue weighted by Gasteiger charge is 2.09. The highest BCUT2D eigenvalue weighted by atomic mass is 16.5. The number of aromatic nitrogens is 1. The summed E-state index contributed by atoms with van der Waals surface area (Å²) in [7, 11) is 1.31. The van der Waals surface area contributed by atoms with Gasteiger partial charge in [-0.15, -0.1) is 0 Å². The molecule has 0 aliphatic carbocycles. The molecule has 0 spiro atoms. The maximum atomic E-state index is 11.8. The van der Waals surface area contributed by atoms with Crippen molar-refractivity contribution in [1.29, 1.82) is 0 Å². The minimum absolute atomic E-state index is 0.374. The molecule has 2 rings (SSSR count). The molecule has 1 N–H and O–H groups in total. The van der Waals surface area contributed by atoms with E-state index in [1.807, 2.05) is 0 Å². The Bertz CT molecular complexity index is 669. The molecule has 6 nitrogen and oxygen atoms in total. The normalized spacial score (nSPS) is 10.3. The Morgan fingerprint density at radius 1 is 1.24 bits per heavy atom. The molecule has 1 amide bonds. The van der Waals surface area contributed by atoms with Crippen LogP contribution in [0.3, 0.4) is 0 Å². The number of hydrogen-bond donors (Lipinski definition) is 1. The summed E-state index contributed by atoms with van der Waals surface area (Å²) in [6.07, 6.45) is 4.40. The molecule has 1 aromatic carbocycles. The van der Waals surface area contributed by atoms with Crippen LogP contribution in [0.4, 0.5) is 0 Å². The van der Waals surface area contributed by atoms with Gasteiger partial charge in [0.05, 0.1) is 24.5 Å². The molecule has 0 saturated carbocycles. The highest BCUT2D eigenvalue weighted by Crippen LogP contribution is 2.07. The van der Waals surface area contributed by atoms with Crippen molar-refractivity contribution >= 4 is 18.1 Å². The lowest BCUT2D eigenvalue weighted by molar-refractivity contribution is 0.0600. The maximum Gasteiger partial charge on any atom is 0.338 e. The van der Waals surface area contributed by atoms with Crippen LogP contribution in [0.1, 0.15) is 26.3 Å². The summed E-state index contributed by atoms with van der Waals surface area (Å²) < 4.78 is 4.68. The van der Waals surface area contributed by atoms with Gasteiger partial charge in [-0.1, -0.05) is 18.2 Å². The Morgan fingerprint density at radius 2 is 2.05 bits per heavy atom. The third kappa shape index (κ3) is 3.73. The van der Waals surface area contributed by atoms with Gasteiger partial charge in [0.2, 0.25) is 0 Å². The number of carbonyl (C=O) groups is 2. The predicted octanol–water partition coefficient (Wildman–Crippen LogP) is 1.63. The van der Waals surface area contributed by atoms with E-state index in [2.05, 4.69) is 20.2 Å². The van der Waals surface area contributed by atoms with Crippen molar-refractivity contribution in [3.05, 3.63) is 65.5 Å². The lowest BCUT2D eigenvalue weighted by atomic mass is 10.1. The predicted molar refractivity (Wildman–Crippen MR) is 77.1 cm³/mol. The van der Waals surface area contributed by atoms with E-state index in [1.165, 1.54) is 19.5 Å². The smallest absolute Gasteiger partial charge is 0.338 e. The first-order valence-corrected chi connectivity index (χ1v) is 6.13. The van der Waals surface area contributed by atoms with Crippen molar-refractivity contribution in [2.24, 2.45) is 5.10 Å². The van der Waals surface area contributed by atoms with Crippen LogP contribution >= 0.6 is 0 Å². The van der Waals surface area contributed by atoms with Crippen LogP contribution in [-0.4, -0.2) is 30.2 Å². The Labute approximate surface area is 121 Å². The molecule has 0 aliphatic heterocycles. The van der Waals surface area contributed by atoms with Gasteiger partial charge in [0, 0.05) is 18.0 Å². The van der Waals surface area contributed by atoms with Crippen LogP contribution < -0.4 is 5.43 Å². The van der Waals surface area contributed by atoms with Crippen LogP contribution in [0.25, 0.3) is 0 Å². The molecule has 6 heteroatoms. The second kappa shape index (κ2) is 6.95. The number of amides is 1. The molecular formula is C15H13N3O3. The van der Waals surface area contributed by atoms with Crippen molar-refractivity contribution in [2.45, 2.75) is 0 Å². The average molecular weight is 283 g/mol. The Hall–Kier alpha value is -3.02. The van der Waals surface area contributed by atoms with Crippen molar-refractivity contribution < 1.29 is 14.3 Å². The second-order valence-corrected chi connectivity index (χ2v) is 4.02. The maximum absolute atomic E-state index is 11.8. The molecule has 0 bridgehead atoms. The zero-order valence-electron chi connectivity index (χ0n) is 11.3. The van der Waals surface area contributed by atoms with Crippen LogP contribution in [-0.2, 0) is 4.74 Å². The van der Waals surface area contributed by atoms with E-state index in [1.54, 1.807) is 42.6 Å². The number of nitrogens with one attached hydrogen (secondary N) is 1. The van der Waals surface area contributed by atoms with E-state index in [0.29, 0.717) is 16.7 Å². The number of rotatable bonds is 4. The van der Waals surface area contributed by atoms with Gasteiger partial charge >= 0.3 is 5.97 Å². The quantitative estimate of drug-likeness (QED) is 0.525. The number of hydrogen-bond acceptors (Lipinski definition) is 5. The third-order valence-electron chi connectivity index (χ3n) is 2.66. The summed E-state index contributed by atoms with van der Waals surface area (Å²) in [5, 5.41) is 3.84. The molecule has 0 aliphatic rings. The SMILES string of the molecule is COC(=O)c1ccccc1/C=N\NC(=O)c1cccnc1. The Morgan fingerprint density at radius 3 is 2.76 bits per heavy atom. The van der Waals surface area contributed by atoms with E-state index in [4.69, 9.17) is 0 Å². The number of carbonyl (C=O) groups excluding carboxylic acids is 2. The summed E-state index contributed by atoms with van der Waals surface area (Å²) in [5.74, 6) is -0.842. The van der Waals surface area contributed by atoms with Crippen LogP contribution in [0.5, 0.6) is 0 Å². The molecule has 0 fully saturated rings. The fraction of sp³-hybridized carbons (Fsp3) is 0.0667. The summed E-state index contributed by atoms with van der Waals surface area (Å²) in [6, 6.07) is 10.1. The zero-order valence-corrected chi connectivity index (χ0v) is 11.3. The number of esters is 1. The van der Waals surface area contributed by atoms with Gasteiger partial charge < -0.3 is 4.74 Å². The number of hydrazone groups is 1. The highest BCUT2D eigenvalue weighted by molar-refractivity contribution is 6.00. The fourth-order valence-electron chi connectivity index (χ4n) is 1.63. The van der Waals surface area contributed by atoms with Gasteiger partial charge in [0.1, 0.15) is 0 Å². The summed E-state index contributed by atoms with van der Waals surface area (Å²) in [6.45, 7) is 0. The average Bonchev–Trinajstić information content (AvgIpc) is 2.55. The molecule has 21 heavy (non-hydrogen) atoms. The molecule has 0 saturated heterocycles. The molecule has 1 heterocycles. The Balaban J connectivity index is 2.09. The van der Waals surface area contributed by atoms with E-state index < -0.39 is 5.97 Å². The van der Waals surface area contributed by atoms with E-state index >= 15 is 0 Å². The molecule has 0 atom stereocenters. The third-order valence-corrected chi connectivity index (χ3v) is 2.66. The molecular weight excluding hydrogens is 270 g/mol. The van der Waals surface area contributed by atoms with Gasteiger partial charge in [0.25, 0.3) is 5.91 Å². The topological polar surface area (TPSA) is 80.6 Å². The minimum atomic E-state index is -0.462. The van der Waals surface area contributed by atoms with Gasteiger partial charge in [-0.2, -0.15) is 5.10 Å². The fourth-order valence-corrected chi connectivity index (χ4v) is 1.63.